The van der Waals surface area contributed by atoms with Crippen molar-refractivity contribution in [1.29, 1.82) is 0 Å². The average Bonchev–Trinajstić information content (AvgIpc) is 2.52. The van der Waals surface area contributed by atoms with E-state index in [1.807, 2.05) is 0 Å². The summed E-state index contributed by atoms with van der Waals surface area (Å²) in [6.45, 7) is 5.81. The van der Waals surface area contributed by atoms with Crippen molar-refractivity contribution in [3.05, 3.63) is 42.5 Å². The fourth-order valence-corrected chi connectivity index (χ4v) is 1.45. The van der Waals surface area contributed by atoms with Crippen LogP contribution in [-0.4, -0.2) is 37.7 Å². The monoisotopic (exact) mass is 306 g/mol. The molecule has 0 aromatic heterocycles. The van der Waals surface area contributed by atoms with Crippen molar-refractivity contribution < 1.29 is 23.9 Å². The van der Waals surface area contributed by atoms with Crippen LogP contribution in [0, 0.1) is 0 Å². The molecule has 0 aliphatic carbocycles. The van der Waals surface area contributed by atoms with Crippen LogP contribution < -0.4 is 15.4 Å². The highest BCUT2D eigenvalue weighted by Gasteiger charge is 2.08. The first kappa shape index (κ1) is 17.2. The van der Waals surface area contributed by atoms with Crippen LogP contribution in [0.25, 0.3) is 0 Å². The largest absolute Gasteiger partial charge is 0.513 e. The van der Waals surface area contributed by atoms with E-state index < -0.39 is 6.16 Å². The lowest BCUT2D eigenvalue weighted by Gasteiger charge is -2.07. The smallest absolute Gasteiger partial charge is 0.434 e. The van der Waals surface area contributed by atoms with E-state index in [1.54, 1.807) is 6.92 Å². The SMILES string of the molecule is C=CC(=O)NCCNC(=O)c1ccc(OC(=O)OCC)cc1. The molecular weight excluding hydrogens is 288 g/mol. The highest BCUT2D eigenvalue weighted by atomic mass is 16.7. The van der Waals surface area contributed by atoms with Crippen LogP contribution in [0.2, 0.25) is 0 Å². The van der Waals surface area contributed by atoms with Crippen molar-refractivity contribution in [3.8, 4) is 5.75 Å². The van der Waals surface area contributed by atoms with E-state index in [-0.39, 0.29) is 24.2 Å². The molecule has 0 spiro atoms. The van der Waals surface area contributed by atoms with Gasteiger partial charge in [0.2, 0.25) is 5.91 Å². The highest BCUT2D eigenvalue weighted by Crippen LogP contribution is 2.12. The molecule has 0 aliphatic rings. The summed E-state index contributed by atoms with van der Waals surface area (Å²) >= 11 is 0. The van der Waals surface area contributed by atoms with Crippen LogP contribution in [0.4, 0.5) is 4.79 Å². The zero-order valence-corrected chi connectivity index (χ0v) is 12.3. The molecule has 1 aromatic rings. The lowest BCUT2D eigenvalue weighted by atomic mass is 10.2. The Morgan fingerprint density at radius 3 is 2.36 bits per heavy atom. The van der Waals surface area contributed by atoms with E-state index in [2.05, 4.69) is 21.9 Å². The van der Waals surface area contributed by atoms with Gasteiger partial charge in [-0.1, -0.05) is 6.58 Å². The predicted molar refractivity (Wildman–Crippen MR) is 79.6 cm³/mol. The number of amides is 2. The van der Waals surface area contributed by atoms with Crippen LogP contribution in [-0.2, 0) is 9.53 Å². The maximum absolute atomic E-state index is 11.8. The molecule has 7 nitrogen and oxygen atoms in total. The molecule has 0 heterocycles. The van der Waals surface area contributed by atoms with Gasteiger partial charge in [-0.25, -0.2) is 4.79 Å². The summed E-state index contributed by atoms with van der Waals surface area (Å²) in [6.07, 6.45) is 0.363. The third kappa shape index (κ3) is 6.08. The van der Waals surface area contributed by atoms with Crippen LogP contribution in [0.3, 0.4) is 0 Å². The van der Waals surface area contributed by atoms with Crippen molar-refractivity contribution in [3.63, 3.8) is 0 Å². The van der Waals surface area contributed by atoms with Gasteiger partial charge in [0.1, 0.15) is 5.75 Å². The lowest BCUT2D eigenvalue weighted by molar-refractivity contribution is -0.116. The second-order valence-electron chi connectivity index (χ2n) is 4.06. The van der Waals surface area contributed by atoms with Crippen molar-refractivity contribution in [2.45, 2.75) is 6.92 Å². The second-order valence-corrected chi connectivity index (χ2v) is 4.06. The Kier molecular flexibility index (Phi) is 7.18. The summed E-state index contributed by atoms with van der Waals surface area (Å²) in [5.41, 5.74) is 0.409. The second kappa shape index (κ2) is 9.17. The molecule has 118 valence electrons. The summed E-state index contributed by atoms with van der Waals surface area (Å²) in [5.74, 6) is -0.307. The van der Waals surface area contributed by atoms with Gasteiger partial charge in [0.15, 0.2) is 0 Å². The number of hydrogen-bond acceptors (Lipinski definition) is 5. The molecule has 1 rings (SSSR count). The summed E-state index contributed by atoms with van der Waals surface area (Å²) in [6, 6.07) is 6.02. The summed E-state index contributed by atoms with van der Waals surface area (Å²) in [7, 11) is 0. The van der Waals surface area contributed by atoms with Crippen molar-refractivity contribution in [2.24, 2.45) is 0 Å². The average molecular weight is 306 g/mol. The number of rotatable bonds is 7. The molecule has 1 aromatic carbocycles. The van der Waals surface area contributed by atoms with Crippen LogP contribution in [0.5, 0.6) is 5.75 Å². The molecule has 0 fully saturated rings. The van der Waals surface area contributed by atoms with E-state index in [1.165, 1.54) is 24.3 Å². The van der Waals surface area contributed by atoms with Crippen LogP contribution in [0.1, 0.15) is 17.3 Å². The van der Waals surface area contributed by atoms with E-state index in [0.29, 0.717) is 18.7 Å². The zero-order chi connectivity index (χ0) is 16.4. The Bertz CT molecular complexity index is 539. The third-order valence-electron chi connectivity index (χ3n) is 2.48. The van der Waals surface area contributed by atoms with Crippen LogP contribution >= 0.6 is 0 Å². The Hall–Kier alpha value is -2.83. The van der Waals surface area contributed by atoms with E-state index in [9.17, 15) is 14.4 Å². The minimum atomic E-state index is -0.794. The summed E-state index contributed by atoms with van der Waals surface area (Å²) in [5, 5.41) is 5.18. The maximum Gasteiger partial charge on any atom is 0.513 e. The molecule has 0 aliphatic heterocycles. The molecule has 0 saturated heterocycles. The lowest BCUT2D eigenvalue weighted by Crippen LogP contribution is -2.33. The standard InChI is InChI=1S/C15H18N2O5/c1-3-13(18)16-9-10-17-14(19)11-5-7-12(8-6-11)22-15(20)21-4-2/h3,5-8H,1,4,9-10H2,2H3,(H,16,18)(H,17,19). The van der Waals surface area contributed by atoms with Crippen molar-refractivity contribution >= 4 is 18.0 Å². The van der Waals surface area contributed by atoms with Gasteiger partial charge < -0.3 is 20.1 Å². The number of nitrogens with one attached hydrogen (secondary N) is 2. The van der Waals surface area contributed by atoms with Gasteiger partial charge in [-0.15, -0.1) is 0 Å². The van der Waals surface area contributed by atoms with E-state index in [4.69, 9.17) is 4.74 Å². The number of ether oxygens (including phenoxy) is 2. The minimum absolute atomic E-state index is 0.224. The first-order valence-corrected chi connectivity index (χ1v) is 6.70. The molecule has 0 atom stereocenters. The third-order valence-corrected chi connectivity index (χ3v) is 2.48. The Morgan fingerprint density at radius 2 is 1.77 bits per heavy atom. The predicted octanol–water partition coefficient (Wildman–Crippen LogP) is 1.25. The van der Waals surface area contributed by atoms with Crippen molar-refractivity contribution in [2.75, 3.05) is 19.7 Å². The molecule has 0 saturated carbocycles. The first-order valence-electron chi connectivity index (χ1n) is 6.70. The number of carbonyl (C=O) groups excluding carboxylic acids is 3. The van der Waals surface area contributed by atoms with E-state index >= 15 is 0 Å². The van der Waals surface area contributed by atoms with Gasteiger partial charge in [0.25, 0.3) is 5.91 Å². The molecule has 0 unspecified atom stereocenters. The number of hydrogen-bond donors (Lipinski definition) is 2. The fourth-order valence-electron chi connectivity index (χ4n) is 1.45. The van der Waals surface area contributed by atoms with Gasteiger partial charge in [-0.2, -0.15) is 0 Å². The van der Waals surface area contributed by atoms with Gasteiger partial charge >= 0.3 is 6.16 Å². The van der Waals surface area contributed by atoms with Crippen molar-refractivity contribution in [1.82, 2.24) is 10.6 Å². The Morgan fingerprint density at radius 1 is 1.14 bits per heavy atom. The molecule has 2 N–H and O–H groups in total. The van der Waals surface area contributed by atoms with E-state index in [0.717, 1.165) is 6.08 Å². The Balaban J connectivity index is 2.41. The van der Waals surface area contributed by atoms with Gasteiger partial charge in [0.05, 0.1) is 6.61 Å². The summed E-state index contributed by atoms with van der Waals surface area (Å²) in [4.78, 5) is 33.8. The highest BCUT2D eigenvalue weighted by molar-refractivity contribution is 5.94. The Labute approximate surface area is 128 Å². The molecule has 0 radical (unpaired) electrons. The van der Waals surface area contributed by atoms with Crippen LogP contribution in [0.15, 0.2) is 36.9 Å². The molecule has 0 bridgehead atoms. The van der Waals surface area contributed by atoms with Gasteiger partial charge in [0, 0.05) is 18.7 Å². The maximum atomic E-state index is 11.8. The molecule has 2 amide bonds. The minimum Gasteiger partial charge on any atom is -0.434 e. The quantitative estimate of drug-likeness (QED) is 0.342. The number of benzene rings is 1. The van der Waals surface area contributed by atoms with Gasteiger partial charge in [-0.05, 0) is 37.3 Å². The van der Waals surface area contributed by atoms with Gasteiger partial charge in [-0.3, -0.25) is 9.59 Å². The molecule has 7 heteroatoms. The number of carbonyl (C=O) groups is 3. The molecular formula is C15H18N2O5. The molecule has 22 heavy (non-hydrogen) atoms. The topological polar surface area (TPSA) is 93.7 Å². The first-order chi connectivity index (χ1) is 10.6. The summed E-state index contributed by atoms with van der Waals surface area (Å²) < 4.78 is 9.51. The fraction of sp³-hybridized carbons (Fsp3) is 0.267. The normalized spacial score (nSPS) is 9.50. The zero-order valence-electron chi connectivity index (χ0n) is 12.3.